The summed E-state index contributed by atoms with van der Waals surface area (Å²) in [4.78, 5) is 13.2. The third kappa shape index (κ3) is 13.6. The van der Waals surface area contributed by atoms with Crippen molar-refractivity contribution in [1.82, 2.24) is 0 Å². The SMILES string of the molecule is CCCCOc1c2cc(C(C)(C)C)cc1Cc1cc(C(C)(C)C)cc(c1OCCCC)Cc1cc(C(C)(C)C)cc(c1OCC(=O)OCC)Cc1cc(C(C)(C)C)cc(c1OCCCC)C2. The third-order valence-electron chi connectivity index (χ3n) is 12.8. The highest BCUT2D eigenvalue weighted by atomic mass is 16.6. The molecule has 6 nitrogen and oxygen atoms in total. The molecule has 0 spiro atoms. The van der Waals surface area contributed by atoms with E-state index in [1.54, 1.807) is 0 Å². The van der Waals surface area contributed by atoms with Crippen molar-refractivity contribution in [3.63, 3.8) is 0 Å². The Bertz CT molecular complexity index is 2140. The number of esters is 1. The molecule has 4 aromatic rings. The van der Waals surface area contributed by atoms with Gasteiger partial charge in [0.05, 0.1) is 26.4 Å². The maximum absolute atomic E-state index is 13.2. The van der Waals surface area contributed by atoms with E-state index in [-0.39, 0.29) is 40.8 Å². The second-order valence-electron chi connectivity index (χ2n) is 22.9. The Hall–Kier alpha value is -4.45. The maximum Gasteiger partial charge on any atom is 0.344 e. The van der Waals surface area contributed by atoms with Gasteiger partial charge in [0.25, 0.3) is 0 Å². The molecule has 0 radical (unpaired) electrons. The highest BCUT2D eigenvalue weighted by molar-refractivity contribution is 5.71. The summed E-state index contributed by atoms with van der Waals surface area (Å²) in [6.45, 7) is 38.0. The van der Waals surface area contributed by atoms with Gasteiger partial charge >= 0.3 is 5.97 Å². The first-order valence-electron chi connectivity index (χ1n) is 25.3. The van der Waals surface area contributed by atoms with E-state index in [9.17, 15) is 4.79 Å². The van der Waals surface area contributed by atoms with Crippen LogP contribution < -0.4 is 18.9 Å². The predicted octanol–water partition coefficient (Wildman–Crippen LogP) is 15.0. The molecule has 0 N–H and O–H groups in total. The van der Waals surface area contributed by atoms with E-state index in [0.717, 1.165) is 94.9 Å². The molecule has 1 aliphatic rings. The van der Waals surface area contributed by atoms with Crippen LogP contribution >= 0.6 is 0 Å². The second-order valence-corrected chi connectivity index (χ2v) is 22.9. The van der Waals surface area contributed by atoms with Crippen molar-refractivity contribution < 1.29 is 28.5 Å². The van der Waals surface area contributed by atoms with E-state index in [4.69, 9.17) is 23.7 Å². The molecular weight excluding hydrogens is 817 g/mol. The molecule has 0 aromatic heterocycles. The van der Waals surface area contributed by atoms with Gasteiger partial charge in [0.15, 0.2) is 6.61 Å². The molecule has 0 atom stereocenters. The fourth-order valence-corrected chi connectivity index (χ4v) is 8.65. The lowest BCUT2D eigenvalue weighted by molar-refractivity contribution is -0.145. The molecule has 0 saturated heterocycles. The van der Waals surface area contributed by atoms with Gasteiger partial charge in [0, 0.05) is 25.7 Å². The van der Waals surface area contributed by atoms with Crippen LogP contribution in [-0.4, -0.2) is 39.0 Å². The van der Waals surface area contributed by atoms with Gasteiger partial charge in [0.2, 0.25) is 0 Å². The van der Waals surface area contributed by atoms with Gasteiger partial charge in [-0.2, -0.15) is 0 Å². The van der Waals surface area contributed by atoms with Crippen molar-refractivity contribution in [2.75, 3.05) is 33.0 Å². The van der Waals surface area contributed by atoms with Crippen molar-refractivity contribution >= 4 is 5.97 Å². The summed E-state index contributed by atoms with van der Waals surface area (Å²) in [5.74, 6) is 3.17. The van der Waals surface area contributed by atoms with Crippen molar-refractivity contribution in [2.45, 2.75) is 197 Å². The third-order valence-corrected chi connectivity index (χ3v) is 12.8. The summed E-state index contributed by atoms with van der Waals surface area (Å²) >= 11 is 0. The van der Waals surface area contributed by atoms with Crippen molar-refractivity contribution in [3.05, 3.63) is 115 Å². The summed E-state index contributed by atoms with van der Waals surface area (Å²) in [6.07, 6.45) is 8.36. The van der Waals surface area contributed by atoms with Crippen molar-refractivity contribution in [1.29, 1.82) is 0 Å². The molecule has 0 fully saturated rings. The Morgan fingerprint density at radius 1 is 0.394 bits per heavy atom. The van der Waals surface area contributed by atoms with Gasteiger partial charge in [-0.25, -0.2) is 4.79 Å². The summed E-state index contributed by atoms with van der Waals surface area (Å²) < 4.78 is 33.4. The number of hydrogen-bond donors (Lipinski definition) is 0. The van der Waals surface area contributed by atoms with E-state index in [1.165, 1.54) is 33.4 Å². The van der Waals surface area contributed by atoms with Gasteiger partial charge in [-0.1, -0.05) is 172 Å². The Morgan fingerprint density at radius 3 is 0.818 bits per heavy atom. The normalized spacial score (nSPS) is 13.3. The van der Waals surface area contributed by atoms with Crippen molar-refractivity contribution in [2.24, 2.45) is 0 Å². The Kier molecular flexibility index (Phi) is 17.6. The van der Waals surface area contributed by atoms with E-state index >= 15 is 0 Å². The molecule has 8 bridgehead atoms. The topological polar surface area (TPSA) is 63.2 Å². The van der Waals surface area contributed by atoms with Crippen LogP contribution in [-0.2, 0) is 56.9 Å². The number of ether oxygens (including phenoxy) is 5. The molecule has 6 heteroatoms. The first-order chi connectivity index (χ1) is 31.0. The number of carbonyl (C=O) groups excluding carboxylic acids is 1. The average Bonchev–Trinajstić information content (AvgIpc) is 3.21. The van der Waals surface area contributed by atoms with Gasteiger partial charge in [0.1, 0.15) is 23.0 Å². The second kappa shape index (κ2) is 22.1. The van der Waals surface area contributed by atoms with E-state index < -0.39 is 0 Å². The van der Waals surface area contributed by atoms with Crippen LogP contribution in [0.4, 0.5) is 0 Å². The largest absolute Gasteiger partial charge is 0.493 e. The molecule has 66 heavy (non-hydrogen) atoms. The van der Waals surface area contributed by atoms with Crippen LogP contribution in [0.3, 0.4) is 0 Å². The first kappa shape index (κ1) is 52.5. The molecule has 0 amide bonds. The van der Waals surface area contributed by atoms with Crippen LogP contribution in [0.15, 0.2) is 48.5 Å². The minimum atomic E-state index is -0.384. The molecule has 0 heterocycles. The van der Waals surface area contributed by atoms with Crippen LogP contribution in [0.2, 0.25) is 0 Å². The minimum Gasteiger partial charge on any atom is -0.493 e. The quantitative estimate of drug-likeness (QED) is 0.0726. The molecule has 0 saturated carbocycles. The number of rotatable bonds is 16. The predicted molar refractivity (Wildman–Crippen MR) is 275 cm³/mol. The van der Waals surface area contributed by atoms with E-state index in [2.05, 4.69) is 152 Å². The van der Waals surface area contributed by atoms with Crippen LogP contribution in [0, 0.1) is 0 Å². The van der Waals surface area contributed by atoms with E-state index in [0.29, 0.717) is 45.5 Å². The van der Waals surface area contributed by atoms with Crippen LogP contribution in [0.25, 0.3) is 0 Å². The summed E-state index contributed by atoms with van der Waals surface area (Å²) in [6, 6.07) is 18.9. The van der Waals surface area contributed by atoms with Crippen LogP contribution in [0.1, 0.15) is 216 Å². The average molecular weight is 903 g/mol. The minimum absolute atomic E-state index is 0.114. The van der Waals surface area contributed by atoms with Gasteiger partial charge in [-0.15, -0.1) is 0 Å². The Balaban J connectivity index is 2.02. The summed E-state index contributed by atoms with van der Waals surface area (Å²) in [5, 5.41) is 0. The van der Waals surface area contributed by atoms with Crippen molar-refractivity contribution in [3.8, 4) is 23.0 Å². The fourth-order valence-electron chi connectivity index (χ4n) is 8.65. The van der Waals surface area contributed by atoms with Gasteiger partial charge in [-0.3, -0.25) is 0 Å². The standard InChI is InChI=1S/C60H86O6/c1-17-21-24-63-53-40-27-42-33-49(58(8,9)10)35-44(54(42)64-25-22-18-2)29-46-37-51(60(14,15)16)38-47(56(46)66-39-52(61)62-20-4)30-45-36-50(59(11,12)13)34-43(55(45)65-26-23-19-3)28-41(53)32-48(31-40)57(5,6)7/h31-38H,17-30,39H2,1-16H3. The van der Waals surface area contributed by atoms with Gasteiger partial charge < -0.3 is 23.7 Å². The molecular formula is C60H86O6. The zero-order chi connectivity index (χ0) is 48.6. The molecule has 362 valence electrons. The Morgan fingerprint density at radius 2 is 0.621 bits per heavy atom. The molecule has 1 aliphatic carbocycles. The lowest BCUT2D eigenvalue weighted by Gasteiger charge is -2.29. The summed E-state index contributed by atoms with van der Waals surface area (Å²) in [7, 11) is 0. The number of carbonyl (C=O) groups is 1. The summed E-state index contributed by atoms with van der Waals surface area (Å²) in [5.41, 5.74) is 13.3. The number of hydrogen-bond acceptors (Lipinski definition) is 6. The van der Waals surface area contributed by atoms with Gasteiger partial charge in [-0.05, 0) is 115 Å². The maximum atomic E-state index is 13.2. The highest BCUT2D eigenvalue weighted by Gasteiger charge is 2.30. The van der Waals surface area contributed by atoms with E-state index in [1.807, 2.05) is 6.92 Å². The Labute approximate surface area is 400 Å². The fraction of sp³-hybridized carbons (Fsp3) is 0.583. The molecule has 4 aromatic carbocycles. The smallest absolute Gasteiger partial charge is 0.344 e. The molecule has 0 unspecified atom stereocenters. The molecule has 0 aliphatic heterocycles. The first-order valence-corrected chi connectivity index (χ1v) is 25.3. The lowest BCUT2D eigenvalue weighted by atomic mass is 9.79. The van der Waals surface area contributed by atoms with Crippen LogP contribution in [0.5, 0.6) is 23.0 Å². The lowest BCUT2D eigenvalue weighted by Crippen LogP contribution is -2.19. The monoisotopic (exact) mass is 903 g/mol. The zero-order valence-corrected chi connectivity index (χ0v) is 44.2. The highest BCUT2D eigenvalue weighted by Crippen LogP contribution is 2.44. The molecule has 5 rings (SSSR count). The number of benzene rings is 4. The number of unbranched alkanes of at least 4 members (excludes halogenated alkanes) is 3. The number of fused-ring (bicyclic) bond motifs is 8. The zero-order valence-electron chi connectivity index (χ0n) is 44.2.